The minimum absolute atomic E-state index is 0.00754. The van der Waals surface area contributed by atoms with Gasteiger partial charge in [-0.1, -0.05) is 20.3 Å². The molecule has 0 unspecified atom stereocenters. The fraction of sp³-hybridized carbons (Fsp3) is 0.621. The van der Waals surface area contributed by atoms with Gasteiger partial charge in [0.05, 0.1) is 13.8 Å². The summed E-state index contributed by atoms with van der Waals surface area (Å²) in [6.07, 6.45) is 9.16. The van der Waals surface area contributed by atoms with Crippen LogP contribution >= 0.6 is 0 Å². The van der Waals surface area contributed by atoms with Crippen molar-refractivity contribution in [3.8, 4) is 11.5 Å². The van der Waals surface area contributed by atoms with Gasteiger partial charge in [-0.25, -0.2) is 19.7 Å². The van der Waals surface area contributed by atoms with Gasteiger partial charge in [-0.2, -0.15) is 0 Å². The first-order chi connectivity index (χ1) is 18.4. The Labute approximate surface area is 223 Å². The standard InChI is InChI=1S/C29H39FN6O2/c1-17(2)22-12-13-31-23(14-22)28-35-26-24(36(28)16-20-10-8-19(15-30)9-11-20)25(32-18(3)21-6-5-7-21)33-27(34-26)29(37)38-4/h12-14,17-21H,5-11,15-16H2,1-4H3,(H,32,33,34)/t18-,19?,20?/m1/s1. The van der Waals surface area contributed by atoms with Crippen molar-refractivity contribution < 1.29 is 13.9 Å². The zero-order valence-electron chi connectivity index (χ0n) is 22.9. The van der Waals surface area contributed by atoms with E-state index in [9.17, 15) is 9.18 Å². The van der Waals surface area contributed by atoms with Gasteiger partial charge >= 0.3 is 5.97 Å². The Kier molecular flexibility index (Phi) is 7.91. The molecule has 38 heavy (non-hydrogen) atoms. The molecule has 2 aliphatic carbocycles. The summed E-state index contributed by atoms with van der Waals surface area (Å²) >= 11 is 0. The van der Waals surface area contributed by atoms with Gasteiger partial charge in [0.25, 0.3) is 0 Å². The SMILES string of the molecule is COC(=O)c1nc(N[C@H](C)C2CCC2)c2c(n1)nc(-c1cc(C(C)C)ccn1)n2CC1CCC(CF)CC1. The molecule has 0 aliphatic heterocycles. The quantitative estimate of drug-likeness (QED) is 0.336. The van der Waals surface area contributed by atoms with E-state index in [1.165, 1.54) is 31.9 Å². The zero-order chi connectivity index (χ0) is 26.8. The largest absolute Gasteiger partial charge is 0.463 e. The number of hydrogen-bond donors (Lipinski definition) is 1. The molecule has 1 atom stereocenters. The number of ether oxygens (including phenoxy) is 1. The van der Waals surface area contributed by atoms with Crippen LogP contribution in [0.3, 0.4) is 0 Å². The molecule has 0 radical (unpaired) electrons. The summed E-state index contributed by atoms with van der Waals surface area (Å²) in [4.78, 5) is 31.3. The van der Waals surface area contributed by atoms with Crippen molar-refractivity contribution in [2.45, 2.75) is 84.2 Å². The number of carbonyl (C=O) groups excluding carboxylic acids is 1. The lowest BCUT2D eigenvalue weighted by molar-refractivity contribution is 0.0587. The van der Waals surface area contributed by atoms with Crippen molar-refractivity contribution in [2.24, 2.45) is 17.8 Å². The molecule has 3 aromatic heterocycles. The molecule has 9 heteroatoms. The highest BCUT2D eigenvalue weighted by molar-refractivity contribution is 5.92. The first kappa shape index (κ1) is 26.5. The monoisotopic (exact) mass is 522 g/mol. The average Bonchev–Trinajstić information content (AvgIpc) is 3.26. The van der Waals surface area contributed by atoms with Gasteiger partial charge in [0.1, 0.15) is 11.2 Å². The van der Waals surface area contributed by atoms with Crippen LogP contribution in [0.4, 0.5) is 10.2 Å². The van der Waals surface area contributed by atoms with E-state index in [4.69, 9.17) is 9.72 Å². The van der Waals surface area contributed by atoms with Crippen LogP contribution in [0.25, 0.3) is 22.7 Å². The number of methoxy groups -OCH3 is 1. The number of anilines is 1. The van der Waals surface area contributed by atoms with E-state index in [1.54, 1.807) is 0 Å². The summed E-state index contributed by atoms with van der Waals surface area (Å²) in [5.74, 6) is 2.19. The van der Waals surface area contributed by atoms with Crippen LogP contribution in [0.5, 0.6) is 0 Å². The third-order valence-corrected chi connectivity index (χ3v) is 8.50. The molecule has 2 aliphatic rings. The predicted octanol–water partition coefficient (Wildman–Crippen LogP) is 6.17. The Balaban J connectivity index is 1.64. The number of aromatic nitrogens is 5. The highest BCUT2D eigenvalue weighted by Gasteiger charge is 2.29. The van der Waals surface area contributed by atoms with E-state index in [1.807, 2.05) is 12.3 Å². The summed E-state index contributed by atoms with van der Waals surface area (Å²) < 4.78 is 20.4. The lowest BCUT2D eigenvalue weighted by Gasteiger charge is -2.32. The summed E-state index contributed by atoms with van der Waals surface area (Å²) in [5, 5.41) is 3.60. The minimum Gasteiger partial charge on any atom is -0.463 e. The maximum atomic E-state index is 13.3. The van der Waals surface area contributed by atoms with Gasteiger partial charge in [0.2, 0.25) is 5.82 Å². The number of halogens is 1. The first-order valence-corrected chi connectivity index (χ1v) is 14.0. The second kappa shape index (κ2) is 11.3. The Morgan fingerprint density at radius 2 is 1.84 bits per heavy atom. The van der Waals surface area contributed by atoms with Crippen LogP contribution in [0.15, 0.2) is 18.3 Å². The van der Waals surface area contributed by atoms with E-state index in [0.717, 1.165) is 36.9 Å². The minimum atomic E-state index is -0.591. The Hall–Kier alpha value is -3.10. The van der Waals surface area contributed by atoms with Crippen molar-refractivity contribution in [1.29, 1.82) is 0 Å². The molecule has 2 fully saturated rings. The summed E-state index contributed by atoms with van der Waals surface area (Å²) in [6, 6.07) is 4.31. The summed E-state index contributed by atoms with van der Waals surface area (Å²) in [7, 11) is 1.33. The van der Waals surface area contributed by atoms with Crippen LogP contribution in [0.1, 0.15) is 87.8 Å². The molecule has 2 saturated carbocycles. The summed E-state index contributed by atoms with van der Waals surface area (Å²) in [5.41, 5.74) is 3.18. The first-order valence-electron chi connectivity index (χ1n) is 14.0. The van der Waals surface area contributed by atoms with Crippen molar-refractivity contribution in [2.75, 3.05) is 19.1 Å². The zero-order valence-corrected chi connectivity index (χ0v) is 22.9. The van der Waals surface area contributed by atoms with Crippen molar-refractivity contribution >= 4 is 23.0 Å². The molecule has 8 nitrogen and oxygen atoms in total. The third-order valence-electron chi connectivity index (χ3n) is 8.50. The fourth-order valence-electron chi connectivity index (χ4n) is 5.72. The van der Waals surface area contributed by atoms with Gasteiger partial charge in [-0.05, 0) is 86.8 Å². The second-order valence-electron chi connectivity index (χ2n) is 11.4. The Morgan fingerprint density at radius 1 is 1.11 bits per heavy atom. The number of hydrogen-bond acceptors (Lipinski definition) is 7. The number of imidazole rings is 1. The predicted molar refractivity (Wildman–Crippen MR) is 146 cm³/mol. The number of alkyl halides is 1. The van der Waals surface area contributed by atoms with Crippen molar-refractivity contribution in [1.82, 2.24) is 24.5 Å². The normalized spacial score (nSPS) is 20.9. The number of esters is 1. The molecular formula is C29H39FN6O2. The van der Waals surface area contributed by atoms with Crippen molar-refractivity contribution in [3.05, 3.63) is 29.7 Å². The smallest absolute Gasteiger partial charge is 0.376 e. The maximum absolute atomic E-state index is 13.3. The molecule has 3 heterocycles. The van der Waals surface area contributed by atoms with Crippen LogP contribution < -0.4 is 5.32 Å². The van der Waals surface area contributed by atoms with Gasteiger partial charge < -0.3 is 14.6 Å². The summed E-state index contributed by atoms with van der Waals surface area (Å²) in [6.45, 7) is 6.96. The fourth-order valence-corrected chi connectivity index (χ4v) is 5.72. The van der Waals surface area contributed by atoms with E-state index in [0.29, 0.717) is 41.6 Å². The topological polar surface area (TPSA) is 94.8 Å². The Morgan fingerprint density at radius 3 is 2.47 bits per heavy atom. The number of pyridine rings is 1. The van der Waals surface area contributed by atoms with E-state index >= 15 is 0 Å². The Bertz CT molecular complexity index is 1280. The number of carbonyl (C=O) groups is 1. The van der Waals surface area contributed by atoms with E-state index in [2.05, 4.69) is 51.7 Å². The molecule has 0 spiro atoms. The van der Waals surface area contributed by atoms with Gasteiger partial charge in [-0.15, -0.1) is 0 Å². The molecule has 204 valence electrons. The van der Waals surface area contributed by atoms with E-state index in [-0.39, 0.29) is 24.5 Å². The molecule has 5 rings (SSSR count). The lowest BCUT2D eigenvalue weighted by atomic mass is 9.80. The van der Waals surface area contributed by atoms with Crippen molar-refractivity contribution in [3.63, 3.8) is 0 Å². The molecule has 0 amide bonds. The van der Waals surface area contributed by atoms with E-state index < -0.39 is 5.97 Å². The number of nitrogens with zero attached hydrogens (tertiary/aromatic N) is 5. The number of rotatable bonds is 9. The number of fused-ring (bicyclic) bond motifs is 1. The highest BCUT2D eigenvalue weighted by atomic mass is 19.1. The molecule has 3 aromatic rings. The molecule has 1 N–H and O–H groups in total. The number of nitrogens with one attached hydrogen (secondary N) is 1. The van der Waals surface area contributed by atoms with Gasteiger partial charge in [0, 0.05) is 18.8 Å². The molecule has 0 aromatic carbocycles. The maximum Gasteiger partial charge on any atom is 0.376 e. The molecule has 0 bridgehead atoms. The molecular weight excluding hydrogens is 483 g/mol. The third kappa shape index (κ3) is 5.38. The van der Waals surface area contributed by atoms with Crippen LogP contribution in [0, 0.1) is 17.8 Å². The lowest BCUT2D eigenvalue weighted by Crippen LogP contribution is -2.31. The van der Waals surface area contributed by atoms with Crippen LogP contribution in [0.2, 0.25) is 0 Å². The second-order valence-corrected chi connectivity index (χ2v) is 11.4. The average molecular weight is 523 g/mol. The van der Waals surface area contributed by atoms with Crippen LogP contribution in [-0.2, 0) is 11.3 Å². The molecule has 0 saturated heterocycles. The van der Waals surface area contributed by atoms with Gasteiger partial charge in [0.15, 0.2) is 17.3 Å². The highest BCUT2D eigenvalue weighted by Crippen LogP contribution is 2.36. The van der Waals surface area contributed by atoms with Crippen LogP contribution in [-0.4, -0.2) is 50.3 Å². The van der Waals surface area contributed by atoms with Gasteiger partial charge in [-0.3, -0.25) is 9.37 Å².